The van der Waals surface area contributed by atoms with E-state index in [9.17, 15) is 10.2 Å². The van der Waals surface area contributed by atoms with Gasteiger partial charge in [-0.3, -0.25) is 0 Å². The van der Waals surface area contributed by atoms with Crippen LogP contribution in [0.15, 0.2) is 0 Å². The highest BCUT2D eigenvalue weighted by molar-refractivity contribution is 5.12. The molecule has 0 aromatic heterocycles. The van der Waals surface area contributed by atoms with Crippen molar-refractivity contribution >= 4 is 0 Å². The summed E-state index contributed by atoms with van der Waals surface area (Å²) in [6.45, 7) is 7.01. The Morgan fingerprint density at radius 2 is 1.55 bits per heavy atom. The molecule has 2 N–H and O–H groups in total. The van der Waals surface area contributed by atoms with E-state index in [2.05, 4.69) is 20.8 Å². The van der Waals surface area contributed by atoms with Crippen LogP contribution in [0.25, 0.3) is 0 Å². The quantitative estimate of drug-likeness (QED) is 0.706. The molecule has 2 nitrogen and oxygen atoms in total. The van der Waals surface area contributed by atoms with Crippen molar-refractivity contribution in [3.63, 3.8) is 0 Å². The molecule has 0 saturated heterocycles. The molecule has 4 aliphatic carbocycles. The highest BCUT2D eigenvalue weighted by atomic mass is 16.3. The summed E-state index contributed by atoms with van der Waals surface area (Å²) >= 11 is 0. The first-order valence-corrected chi connectivity index (χ1v) is 9.68. The molecule has 0 spiro atoms. The Bertz CT molecular complexity index is 459. The lowest BCUT2D eigenvalue weighted by Crippen LogP contribution is -2.56. The Morgan fingerprint density at radius 1 is 0.818 bits per heavy atom. The third-order valence-corrected chi connectivity index (χ3v) is 9.20. The molecule has 0 bridgehead atoms. The second kappa shape index (κ2) is 4.72. The van der Waals surface area contributed by atoms with Crippen molar-refractivity contribution in [2.24, 2.45) is 34.5 Å². The Labute approximate surface area is 135 Å². The molecule has 0 heterocycles. The normalized spacial score (nSPS) is 61.2. The van der Waals surface area contributed by atoms with Gasteiger partial charge in [0.1, 0.15) is 0 Å². The van der Waals surface area contributed by atoms with Gasteiger partial charge in [-0.25, -0.2) is 0 Å². The van der Waals surface area contributed by atoms with Gasteiger partial charge in [0.05, 0.1) is 11.7 Å². The van der Waals surface area contributed by atoms with Gasteiger partial charge in [-0.2, -0.15) is 0 Å². The minimum atomic E-state index is -0.455. The first-order valence-electron chi connectivity index (χ1n) is 9.68. The lowest BCUT2D eigenvalue weighted by Gasteiger charge is -2.61. The molecule has 22 heavy (non-hydrogen) atoms. The summed E-state index contributed by atoms with van der Waals surface area (Å²) in [5.41, 5.74) is 0.145. The van der Waals surface area contributed by atoms with Gasteiger partial charge in [0, 0.05) is 0 Å². The third kappa shape index (κ3) is 1.86. The standard InChI is InChI=1S/C20H34O2/c1-18-9-6-14(21)12-13(18)4-5-15-16(18)7-10-19(2)17(15)8-11-20(19,3)22/h13-17,21-22H,4-12H2,1-3H3/t13-,14+,15?,16?,17?,18?,19?,20+/m1/s1. The topological polar surface area (TPSA) is 40.5 Å². The van der Waals surface area contributed by atoms with Gasteiger partial charge in [0.15, 0.2) is 0 Å². The molecule has 0 amide bonds. The van der Waals surface area contributed by atoms with Gasteiger partial charge in [0.2, 0.25) is 0 Å². The Balaban J connectivity index is 1.64. The molecule has 0 aromatic rings. The molecule has 2 heteroatoms. The zero-order valence-electron chi connectivity index (χ0n) is 14.6. The fraction of sp³-hybridized carbons (Fsp3) is 1.00. The lowest BCUT2D eigenvalue weighted by molar-refractivity contribution is -0.153. The van der Waals surface area contributed by atoms with Gasteiger partial charge < -0.3 is 10.2 Å². The van der Waals surface area contributed by atoms with E-state index in [0.29, 0.717) is 5.41 Å². The van der Waals surface area contributed by atoms with E-state index < -0.39 is 5.60 Å². The number of hydrogen-bond acceptors (Lipinski definition) is 2. The maximum absolute atomic E-state index is 10.9. The highest BCUT2D eigenvalue weighted by Gasteiger charge is 2.63. The summed E-state index contributed by atoms with van der Waals surface area (Å²) < 4.78 is 0. The smallest absolute Gasteiger partial charge is 0.0675 e. The van der Waals surface area contributed by atoms with E-state index in [1.54, 1.807) is 0 Å². The van der Waals surface area contributed by atoms with Crippen molar-refractivity contribution in [3.8, 4) is 0 Å². The van der Waals surface area contributed by atoms with Crippen LogP contribution in [0.4, 0.5) is 0 Å². The lowest BCUT2D eigenvalue weighted by atomic mass is 9.44. The predicted octanol–water partition coefficient (Wildman–Crippen LogP) is 4.14. The van der Waals surface area contributed by atoms with Gasteiger partial charge >= 0.3 is 0 Å². The fourth-order valence-electron chi connectivity index (χ4n) is 7.48. The van der Waals surface area contributed by atoms with Crippen molar-refractivity contribution in [3.05, 3.63) is 0 Å². The summed E-state index contributed by atoms with van der Waals surface area (Å²) in [6.07, 6.45) is 10.6. The molecule has 4 fully saturated rings. The summed E-state index contributed by atoms with van der Waals surface area (Å²) in [7, 11) is 0. The zero-order valence-corrected chi connectivity index (χ0v) is 14.6. The van der Waals surface area contributed by atoms with Gasteiger partial charge in [-0.1, -0.05) is 13.8 Å². The second-order valence-electron chi connectivity index (χ2n) is 9.85. The van der Waals surface area contributed by atoms with E-state index in [-0.39, 0.29) is 11.5 Å². The molecule has 4 rings (SSSR count). The number of aliphatic hydroxyl groups is 2. The monoisotopic (exact) mass is 306 g/mol. The van der Waals surface area contributed by atoms with Gasteiger partial charge in [-0.05, 0) is 99.2 Å². The fourth-order valence-corrected chi connectivity index (χ4v) is 7.48. The number of fused-ring (bicyclic) bond motifs is 5. The van der Waals surface area contributed by atoms with Crippen LogP contribution in [0.1, 0.15) is 78.6 Å². The molecular formula is C20H34O2. The van der Waals surface area contributed by atoms with E-state index in [0.717, 1.165) is 42.9 Å². The highest BCUT2D eigenvalue weighted by Crippen LogP contribution is 2.68. The number of rotatable bonds is 0. The first kappa shape index (κ1) is 15.4. The van der Waals surface area contributed by atoms with Crippen LogP contribution in [0.2, 0.25) is 0 Å². The second-order valence-corrected chi connectivity index (χ2v) is 9.85. The SMILES string of the molecule is CC12CC[C@H](O)C[C@H]1CCC1C2CCC2(C)C1CC[C@]2(C)O. The number of aliphatic hydroxyl groups excluding tert-OH is 1. The van der Waals surface area contributed by atoms with Crippen LogP contribution in [0, 0.1) is 34.5 Å². The molecule has 0 radical (unpaired) electrons. The summed E-state index contributed by atoms with van der Waals surface area (Å²) in [5.74, 6) is 3.13. The Hall–Kier alpha value is -0.0800. The van der Waals surface area contributed by atoms with Crippen molar-refractivity contribution in [2.75, 3.05) is 0 Å². The molecule has 8 atom stereocenters. The molecule has 4 aliphatic rings. The molecule has 0 aliphatic heterocycles. The van der Waals surface area contributed by atoms with Crippen LogP contribution in [0.5, 0.6) is 0 Å². The molecular weight excluding hydrogens is 272 g/mol. The maximum Gasteiger partial charge on any atom is 0.0675 e. The van der Waals surface area contributed by atoms with Crippen molar-refractivity contribution in [2.45, 2.75) is 90.3 Å². The van der Waals surface area contributed by atoms with Crippen LogP contribution in [0.3, 0.4) is 0 Å². The van der Waals surface area contributed by atoms with Crippen LogP contribution >= 0.6 is 0 Å². The van der Waals surface area contributed by atoms with E-state index in [1.807, 2.05) is 0 Å². The minimum absolute atomic E-state index is 0.0457. The van der Waals surface area contributed by atoms with Crippen LogP contribution in [-0.4, -0.2) is 21.9 Å². The average Bonchev–Trinajstić information content (AvgIpc) is 2.70. The largest absolute Gasteiger partial charge is 0.393 e. The predicted molar refractivity (Wildman–Crippen MR) is 88.4 cm³/mol. The van der Waals surface area contributed by atoms with Gasteiger partial charge in [-0.15, -0.1) is 0 Å². The van der Waals surface area contributed by atoms with Crippen molar-refractivity contribution in [1.82, 2.24) is 0 Å². The van der Waals surface area contributed by atoms with Crippen molar-refractivity contribution < 1.29 is 10.2 Å². The van der Waals surface area contributed by atoms with Gasteiger partial charge in [0.25, 0.3) is 0 Å². The maximum atomic E-state index is 10.9. The first-order chi connectivity index (χ1) is 10.3. The van der Waals surface area contributed by atoms with E-state index >= 15 is 0 Å². The Kier molecular flexibility index (Phi) is 3.32. The Morgan fingerprint density at radius 3 is 2.32 bits per heavy atom. The van der Waals surface area contributed by atoms with Crippen LogP contribution in [-0.2, 0) is 0 Å². The zero-order chi connectivity index (χ0) is 15.8. The molecule has 126 valence electrons. The summed E-state index contributed by atoms with van der Waals surface area (Å²) in [4.78, 5) is 0. The molecule has 5 unspecified atom stereocenters. The summed E-state index contributed by atoms with van der Waals surface area (Å²) in [6, 6.07) is 0. The van der Waals surface area contributed by atoms with E-state index in [1.165, 1.54) is 38.5 Å². The van der Waals surface area contributed by atoms with E-state index in [4.69, 9.17) is 0 Å². The minimum Gasteiger partial charge on any atom is -0.393 e. The number of hydrogen-bond donors (Lipinski definition) is 2. The molecule has 4 saturated carbocycles. The third-order valence-electron chi connectivity index (χ3n) is 9.20. The summed E-state index contributed by atoms with van der Waals surface area (Å²) in [5, 5.41) is 21.0. The van der Waals surface area contributed by atoms with Crippen LogP contribution < -0.4 is 0 Å². The van der Waals surface area contributed by atoms with Crippen molar-refractivity contribution in [1.29, 1.82) is 0 Å². The molecule has 0 aromatic carbocycles. The average molecular weight is 306 g/mol.